The highest BCUT2D eigenvalue weighted by atomic mass is 32.2. The second kappa shape index (κ2) is 4.09. The number of thioether (sulfide) groups is 1. The molecule has 0 aromatic rings. The van der Waals surface area contributed by atoms with E-state index in [0.717, 1.165) is 0 Å². The molecule has 1 N–H and O–H groups in total. The number of nitrogens with zero attached hydrogens (tertiary/aromatic N) is 2. The molecule has 0 spiro atoms. The van der Waals surface area contributed by atoms with Crippen molar-refractivity contribution in [2.75, 3.05) is 14.1 Å². The quantitative estimate of drug-likeness (QED) is 0.530. The highest BCUT2D eigenvalue weighted by molar-refractivity contribution is 8.16. The van der Waals surface area contributed by atoms with Crippen LogP contribution in [0.15, 0.2) is 5.16 Å². The summed E-state index contributed by atoms with van der Waals surface area (Å²) in [6.45, 7) is 3.58. The van der Waals surface area contributed by atoms with E-state index in [2.05, 4.69) is 15.3 Å². The lowest BCUT2D eigenvalue weighted by atomic mass is 10.2. The van der Waals surface area contributed by atoms with E-state index >= 15 is 0 Å². The third-order valence-electron chi connectivity index (χ3n) is 1.86. The van der Waals surface area contributed by atoms with Crippen LogP contribution in [0.4, 0.5) is 4.79 Å². The van der Waals surface area contributed by atoms with Crippen LogP contribution in [0.25, 0.3) is 0 Å². The lowest BCUT2D eigenvalue weighted by Gasteiger charge is -2.11. The average molecular weight is 231 g/mol. The van der Waals surface area contributed by atoms with Crippen LogP contribution < -0.4 is 5.32 Å². The lowest BCUT2D eigenvalue weighted by molar-refractivity contribution is -0.127. The van der Waals surface area contributed by atoms with E-state index in [1.54, 1.807) is 20.9 Å². The van der Waals surface area contributed by atoms with Gasteiger partial charge in [-0.1, -0.05) is 11.8 Å². The van der Waals surface area contributed by atoms with E-state index in [1.807, 2.05) is 0 Å². The van der Waals surface area contributed by atoms with Gasteiger partial charge in [-0.15, -0.1) is 0 Å². The highest BCUT2D eigenvalue weighted by Crippen LogP contribution is 2.35. The van der Waals surface area contributed by atoms with Crippen molar-refractivity contribution in [3.05, 3.63) is 0 Å². The number of carbonyl (C=O) groups is 2. The highest BCUT2D eigenvalue weighted by Gasteiger charge is 2.43. The summed E-state index contributed by atoms with van der Waals surface area (Å²) in [5.41, 5.74) is 0. The first kappa shape index (κ1) is 11.8. The minimum Gasteiger partial charge on any atom is -0.323 e. The largest absolute Gasteiger partial charge is 0.433 e. The Labute approximate surface area is 92.0 Å². The molecule has 1 fully saturated rings. The van der Waals surface area contributed by atoms with Crippen molar-refractivity contribution in [3.63, 3.8) is 0 Å². The Morgan fingerprint density at radius 2 is 2.20 bits per heavy atom. The van der Waals surface area contributed by atoms with E-state index in [0.29, 0.717) is 5.17 Å². The molecule has 0 bridgehead atoms. The first-order chi connectivity index (χ1) is 6.88. The topological polar surface area (TPSA) is 71.0 Å². The second-order valence-corrected chi connectivity index (χ2v) is 5.07. The zero-order valence-corrected chi connectivity index (χ0v) is 9.84. The number of amidine groups is 1. The van der Waals surface area contributed by atoms with Gasteiger partial charge in [-0.3, -0.25) is 14.5 Å². The summed E-state index contributed by atoms with van der Waals surface area (Å²) in [5, 5.41) is 6.23. The van der Waals surface area contributed by atoms with Crippen LogP contribution in [-0.2, 0) is 9.63 Å². The molecule has 1 aliphatic rings. The van der Waals surface area contributed by atoms with Crippen LogP contribution in [0.2, 0.25) is 0 Å². The summed E-state index contributed by atoms with van der Waals surface area (Å²) in [5.74, 6) is -0.0632. The Balaban J connectivity index is 2.74. The molecule has 0 aromatic carbocycles. The molecule has 0 saturated carbocycles. The number of carbonyl (C=O) groups excluding carboxylic acids is 2. The summed E-state index contributed by atoms with van der Waals surface area (Å²) in [4.78, 5) is 28.3. The molecule has 1 heterocycles. The van der Waals surface area contributed by atoms with Gasteiger partial charge in [0.2, 0.25) is 11.1 Å². The van der Waals surface area contributed by atoms with Gasteiger partial charge in [0, 0.05) is 14.1 Å². The summed E-state index contributed by atoms with van der Waals surface area (Å²) < 4.78 is -0.556. The Morgan fingerprint density at radius 1 is 1.60 bits per heavy atom. The van der Waals surface area contributed by atoms with Crippen molar-refractivity contribution in [1.29, 1.82) is 0 Å². The molecule has 1 saturated heterocycles. The number of oxime groups is 1. The molecule has 0 unspecified atom stereocenters. The Morgan fingerprint density at radius 3 is 2.60 bits per heavy atom. The van der Waals surface area contributed by atoms with Gasteiger partial charge in [0.25, 0.3) is 0 Å². The molecule has 0 atom stereocenters. The van der Waals surface area contributed by atoms with Crippen LogP contribution in [-0.4, -0.2) is 40.9 Å². The molecule has 0 aliphatic carbocycles. The molecule has 1 rings (SSSR count). The fraction of sp³-hybridized carbons (Fsp3) is 0.625. The van der Waals surface area contributed by atoms with Gasteiger partial charge in [0.15, 0.2) is 0 Å². The molecule has 6 nitrogen and oxygen atoms in total. The fourth-order valence-electron chi connectivity index (χ4n) is 1.04. The third kappa shape index (κ3) is 2.41. The Kier molecular flexibility index (Phi) is 3.23. The predicted octanol–water partition coefficient (Wildman–Crippen LogP) is 0.597. The third-order valence-corrected chi connectivity index (χ3v) is 3.08. The van der Waals surface area contributed by atoms with Crippen molar-refractivity contribution in [3.8, 4) is 0 Å². The van der Waals surface area contributed by atoms with Crippen molar-refractivity contribution in [2.24, 2.45) is 5.16 Å². The van der Waals surface area contributed by atoms with Gasteiger partial charge < -0.3 is 5.32 Å². The molecular formula is C8H13N3O3S. The Hall–Kier alpha value is -1.24. The molecule has 1 aliphatic heterocycles. The van der Waals surface area contributed by atoms with Gasteiger partial charge in [-0.05, 0) is 19.0 Å². The number of hydrogen-bond acceptors (Lipinski definition) is 5. The average Bonchev–Trinajstić information content (AvgIpc) is 2.38. The normalized spacial score (nSPS) is 22.0. The summed E-state index contributed by atoms with van der Waals surface area (Å²) in [6.07, 6.45) is -0.659. The first-order valence-corrected chi connectivity index (χ1v) is 5.14. The van der Waals surface area contributed by atoms with Crippen molar-refractivity contribution in [2.45, 2.75) is 18.6 Å². The molecule has 15 heavy (non-hydrogen) atoms. The summed E-state index contributed by atoms with van der Waals surface area (Å²) >= 11 is 1.26. The van der Waals surface area contributed by atoms with Crippen molar-refractivity contribution < 1.29 is 14.4 Å². The number of hydrogen-bond donors (Lipinski definition) is 1. The second-order valence-electron chi connectivity index (χ2n) is 3.48. The molecule has 0 radical (unpaired) electrons. The molecule has 84 valence electrons. The van der Waals surface area contributed by atoms with Gasteiger partial charge in [-0.2, -0.15) is 0 Å². The van der Waals surface area contributed by atoms with Gasteiger partial charge in [0.05, 0.1) is 4.75 Å². The van der Waals surface area contributed by atoms with E-state index in [1.165, 1.54) is 23.7 Å². The Bertz CT molecular complexity index is 327. The van der Waals surface area contributed by atoms with Gasteiger partial charge in [-0.25, -0.2) is 4.79 Å². The molecule has 7 heteroatoms. The zero-order valence-electron chi connectivity index (χ0n) is 9.03. The smallest absolute Gasteiger partial charge is 0.323 e. The minimum atomic E-state index is -0.659. The van der Waals surface area contributed by atoms with Crippen LogP contribution in [0, 0.1) is 0 Å². The molecule has 0 aromatic heterocycles. The molecular weight excluding hydrogens is 218 g/mol. The summed E-state index contributed by atoms with van der Waals surface area (Å²) in [6, 6.07) is 0. The van der Waals surface area contributed by atoms with Gasteiger partial charge >= 0.3 is 6.09 Å². The maximum absolute atomic E-state index is 11.6. The summed E-state index contributed by atoms with van der Waals surface area (Å²) in [7, 11) is 3.03. The van der Waals surface area contributed by atoms with E-state index in [-0.39, 0.29) is 5.91 Å². The van der Waals surface area contributed by atoms with Crippen molar-refractivity contribution in [1.82, 2.24) is 10.2 Å². The van der Waals surface area contributed by atoms with Crippen LogP contribution in [0.3, 0.4) is 0 Å². The first-order valence-electron chi connectivity index (χ1n) is 4.32. The number of nitrogens with one attached hydrogen (secondary N) is 1. The van der Waals surface area contributed by atoms with Gasteiger partial charge in [0.1, 0.15) is 0 Å². The maximum atomic E-state index is 11.6. The van der Waals surface area contributed by atoms with E-state index in [9.17, 15) is 9.59 Å². The lowest BCUT2D eigenvalue weighted by Crippen LogP contribution is -2.33. The van der Waals surface area contributed by atoms with Crippen LogP contribution in [0.1, 0.15) is 13.8 Å². The van der Waals surface area contributed by atoms with E-state index in [4.69, 9.17) is 0 Å². The van der Waals surface area contributed by atoms with Crippen LogP contribution >= 0.6 is 11.8 Å². The predicted molar refractivity (Wildman–Crippen MR) is 57.4 cm³/mol. The van der Waals surface area contributed by atoms with Crippen molar-refractivity contribution >= 4 is 28.9 Å². The van der Waals surface area contributed by atoms with E-state index < -0.39 is 10.8 Å². The number of amides is 2. The minimum absolute atomic E-state index is 0.0632. The maximum Gasteiger partial charge on any atom is 0.433 e. The molecule has 2 amide bonds. The van der Waals surface area contributed by atoms with Crippen LogP contribution in [0.5, 0.6) is 0 Å². The zero-order chi connectivity index (χ0) is 11.6. The monoisotopic (exact) mass is 231 g/mol. The number of rotatable bonds is 1. The standard InChI is InChI=1S/C8H13N3O3S/c1-8(2)5(12)11(4)6(15-8)10-14-7(13)9-3/h1-4H3,(H,9,13)/b10-6-. The fourth-order valence-corrected chi connectivity index (χ4v) is 2.01. The SMILES string of the molecule is CNC(=O)O/N=C1\SC(C)(C)C(=O)N1C.